The molecule has 2 rings (SSSR count). The van der Waals surface area contributed by atoms with Crippen molar-refractivity contribution in [1.82, 2.24) is 10.2 Å². The molecular formula is C12H12IN3O4S. The van der Waals surface area contributed by atoms with Crippen molar-refractivity contribution < 1.29 is 17.9 Å². The van der Waals surface area contributed by atoms with Crippen molar-refractivity contribution in [3.63, 3.8) is 0 Å². The minimum absolute atomic E-state index is 0.129. The van der Waals surface area contributed by atoms with Gasteiger partial charge in [0.15, 0.2) is 5.03 Å². The first-order valence-electron chi connectivity index (χ1n) is 5.93. The van der Waals surface area contributed by atoms with E-state index in [1.165, 1.54) is 0 Å². The van der Waals surface area contributed by atoms with Gasteiger partial charge in [0, 0.05) is 3.57 Å². The lowest BCUT2D eigenvalue weighted by atomic mass is 10.3. The summed E-state index contributed by atoms with van der Waals surface area (Å²) in [5.41, 5.74) is 0.290. The SMILES string of the molecule is CCOC(=O)c1cn[nH]c1S(=O)(=O)Nc1ccccc1I. The number of rotatable bonds is 5. The van der Waals surface area contributed by atoms with Gasteiger partial charge in [0.05, 0.1) is 18.5 Å². The second-order valence-electron chi connectivity index (χ2n) is 3.92. The molecule has 0 radical (unpaired) electrons. The van der Waals surface area contributed by atoms with Crippen molar-refractivity contribution in [2.75, 3.05) is 11.3 Å². The van der Waals surface area contributed by atoms with Gasteiger partial charge in [0.2, 0.25) is 0 Å². The summed E-state index contributed by atoms with van der Waals surface area (Å²) < 4.78 is 32.6. The number of H-pyrrole nitrogens is 1. The molecule has 0 atom stereocenters. The van der Waals surface area contributed by atoms with Crippen LogP contribution in [0.25, 0.3) is 0 Å². The predicted molar refractivity (Wildman–Crippen MR) is 84.5 cm³/mol. The average Bonchev–Trinajstić information content (AvgIpc) is 2.92. The van der Waals surface area contributed by atoms with Crippen LogP contribution in [0.5, 0.6) is 0 Å². The van der Waals surface area contributed by atoms with E-state index in [2.05, 4.69) is 14.9 Å². The van der Waals surface area contributed by atoms with Gasteiger partial charge in [0.25, 0.3) is 10.0 Å². The van der Waals surface area contributed by atoms with Crippen LogP contribution in [0.2, 0.25) is 0 Å². The number of benzene rings is 1. The molecule has 0 unspecified atom stereocenters. The molecule has 9 heteroatoms. The lowest BCUT2D eigenvalue weighted by molar-refractivity contribution is 0.0522. The molecule has 2 N–H and O–H groups in total. The first kappa shape index (κ1) is 15.8. The zero-order chi connectivity index (χ0) is 15.5. The third-order valence-corrected chi connectivity index (χ3v) is 4.76. The summed E-state index contributed by atoms with van der Waals surface area (Å²) in [5, 5.41) is 5.61. The Hall–Kier alpha value is -1.62. The second-order valence-corrected chi connectivity index (χ2v) is 6.70. The van der Waals surface area contributed by atoms with Crippen LogP contribution in [0, 0.1) is 3.57 Å². The number of halogens is 1. The van der Waals surface area contributed by atoms with E-state index in [1.807, 2.05) is 22.6 Å². The number of esters is 1. The second kappa shape index (κ2) is 6.43. The minimum Gasteiger partial charge on any atom is -0.462 e. The van der Waals surface area contributed by atoms with E-state index in [4.69, 9.17) is 4.74 Å². The van der Waals surface area contributed by atoms with Gasteiger partial charge in [-0.2, -0.15) is 13.5 Å². The van der Waals surface area contributed by atoms with Gasteiger partial charge in [-0.3, -0.25) is 9.82 Å². The third kappa shape index (κ3) is 3.53. The van der Waals surface area contributed by atoms with Crippen LogP contribution in [0.1, 0.15) is 17.3 Å². The summed E-state index contributed by atoms with van der Waals surface area (Å²) in [7, 11) is -3.96. The Balaban J connectivity index is 2.35. The lowest BCUT2D eigenvalue weighted by Gasteiger charge is -2.09. The number of aromatic nitrogens is 2. The van der Waals surface area contributed by atoms with Gasteiger partial charge in [-0.25, -0.2) is 4.79 Å². The van der Waals surface area contributed by atoms with Crippen LogP contribution in [0.15, 0.2) is 35.5 Å². The van der Waals surface area contributed by atoms with E-state index in [1.54, 1.807) is 31.2 Å². The number of para-hydroxylation sites is 1. The summed E-state index contributed by atoms with van der Waals surface area (Å²) >= 11 is 2.01. The molecule has 0 spiro atoms. The molecule has 1 aromatic heterocycles. The molecule has 0 bridgehead atoms. The smallest absolute Gasteiger partial charge is 0.342 e. The number of anilines is 1. The number of carbonyl (C=O) groups is 1. The fraction of sp³-hybridized carbons (Fsp3) is 0.167. The van der Waals surface area contributed by atoms with Crippen LogP contribution in [-0.4, -0.2) is 31.2 Å². The Morgan fingerprint density at radius 3 is 2.81 bits per heavy atom. The zero-order valence-electron chi connectivity index (χ0n) is 11.0. The monoisotopic (exact) mass is 421 g/mol. The molecule has 0 aliphatic rings. The molecule has 0 saturated carbocycles. The van der Waals surface area contributed by atoms with Gasteiger partial charge >= 0.3 is 5.97 Å². The van der Waals surface area contributed by atoms with E-state index in [0.29, 0.717) is 5.69 Å². The number of aromatic amines is 1. The third-order valence-electron chi connectivity index (χ3n) is 2.49. The first-order valence-corrected chi connectivity index (χ1v) is 8.49. The number of hydrogen-bond donors (Lipinski definition) is 2. The van der Waals surface area contributed by atoms with E-state index in [9.17, 15) is 13.2 Å². The molecule has 7 nitrogen and oxygen atoms in total. The van der Waals surface area contributed by atoms with Crippen molar-refractivity contribution in [2.45, 2.75) is 11.9 Å². The Morgan fingerprint density at radius 1 is 1.43 bits per heavy atom. The Labute approximate surface area is 135 Å². The highest BCUT2D eigenvalue weighted by atomic mass is 127. The largest absolute Gasteiger partial charge is 0.462 e. The number of nitrogens with zero attached hydrogens (tertiary/aromatic N) is 1. The summed E-state index contributed by atoms with van der Waals surface area (Å²) in [6.07, 6.45) is 1.13. The van der Waals surface area contributed by atoms with Gasteiger partial charge in [-0.15, -0.1) is 0 Å². The zero-order valence-corrected chi connectivity index (χ0v) is 13.9. The maximum absolute atomic E-state index is 12.4. The maximum Gasteiger partial charge on any atom is 0.342 e. The van der Waals surface area contributed by atoms with E-state index < -0.39 is 16.0 Å². The first-order chi connectivity index (χ1) is 9.95. The molecule has 21 heavy (non-hydrogen) atoms. The topological polar surface area (TPSA) is 101 Å². The summed E-state index contributed by atoms with van der Waals surface area (Å²) in [5.74, 6) is -0.741. The number of carbonyl (C=O) groups excluding carboxylic acids is 1. The van der Waals surface area contributed by atoms with Gasteiger partial charge < -0.3 is 4.74 Å². The van der Waals surface area contributed by atoms with Crippen molar-refractivity contribution >= 4 is 44.3 Å². The Bertz CT molecular complexity index is 757. The van der Waals surface area contributed by atoms with Crippen LogP contribution < -0.4 is 4.72 Å². The molecule has 1 heterocycles. The number of sulfonamides is 1. The number of ether oxygens (including phenoxy) is 1. The van der Waals surface area contributed by atoms with Crippen molar-refractivity contribution in [3.05, 3.63) is 39.6 Å². The lowest BCUT2D eigenvalue weighted by Crippen LogP contribution is -2.18. The standard InChI is InChI=1S/C12H12IN3O4S/c1-2-20-12(17)8-7-14-15-11(8)21(18,19)16-10-6-4-3-5-9(10)13/h3-7,16H,2H2,1H3,(H,14,15). The molecule has 0 saturated heterocycles. The van der Waals surface area contributed by atoms with Crippen LogP contribution in [0.4, 0.5) is 5.69 Å². The van der Waals surface area contributed by atoms with Crippen molar-refractivity contribution in [3.8, 4) is 0 Å². The Morgan fingerprint density at radius 2 is 2.14 bits per heavy atom. The fourth-order valence-corrected chi connectivity index (χ4v) is 3.45. The Kier molecular flexibility index (Phi) is 4.83. The van der Waals surface area contributed by atoms with E-state index >= 15 is 0 Å². The minimum atomic E-state index is -3.96. The molecule has 2 aromatic rings. The van der Waals surface area contributed by atoms with Gasteiger partial charge in [-0.1, -0.05) is 12.1 Å². The van der Waals surface area contributed by atoms with Crippen LogP contribution in [-0.2, 0) is 14.8 Å². The fourth-order valence-electron chi connectivity index (χ4n) is 1.57. The van der Waals surface area contributed by atoms with E-state index in [-0.39, 0.29) is 17.2 Å². The van der Waals surface area contributed by atoms with E-state index in [0.717, 1.165) is 9.77 Å². The number of nitrogens with one attached hydrogen (secondary N) is 2. The molecule has 0 aliphatic heterocycles. The van der Waals surface area contributed by atoms with Crippen molar-refractivity contribution in [2.24, 2.45) is 0 Å². The average molecular weight is 421 g/mol. The number of hydrogen-bond acceptors (Lipinski definition) is 5. The molecule has 1 aromatic carbocycles. The highest BCUT2D eigenvalue weighted by Gasteiger charge is 2.26. The molecule has 0 aliphatic carbocycles. The molecule has 112 valence electrons. The summed E-state index contributed by atoms with van der Waals surface area (Å²) in [6, 6.07) is 6.89. The van der Waals surface area contributed by atoms with Crippen molar-refractivity contribution in [1.29, 1.82) is 0 Å². The maximum atomic E-state index is 12.4. The van der Waals surface area contributed by atoms with Gasteiger partial charge in [0.1, 0.15) is 5.56 Å². The molecular weight excluding hydrogens is 409 g/mol. The van der Waals surface area contributed by atoms with Crippen LogP contribution in [0.3, 0.4) is 0 Å². The summed E-state index contributed by atoms with van der Waals surface area (Å²) in [6.45, 7) is 1.78. The molecule has 0 fully saturated rings. The highest BCUT2D eigenvalue weighted by Crippen LogP contribution is 2.22. The quantitative estimate of drug-likeness (QED) is 0.568. The van der Waals surface area contributed by atoms with Gasteiger partial charge in [-0.05, 0) is 41.6 Å². The highest BCUT2D eigenvalue weighted by molar-refractivity contribution is 14.1. The van der Waals surface area contributed by atoms with Crippen LogP contribution >= 0.6 is 22.6 Å². The molecule has 0 amide bonds. The normalized spacial score (nSPS) is 11.1. The predicted octanol–water partition coefficient (Wildman–Crippen LogP) is 1.99. The summed E-state index contributed by atoms with van der Waals surface area (Å²) in [4.78, 5) is 11.7.